The minimum atomic E-state index is -0.412. The number of hydrogen-bond acceptors (Lipinski definition) is 4. The first kappa shape index (κ1) is 14.3. The maximum Gasteiger partial charge on any atom is 0.419 e. The molecule has 3 rings (SSSR count). The lowest BCUT2D eigenvalue weighted by molar-refractivity contribution is 0.208. The fourth-order valence-electron chi connectivity index (χ4n) is 2.48. The molecule has 1 aliphatic rings. The first-order valence-corrected chi connectivity index (χ1v) is 7.14. The lowest BCUT2D eigenvalue weighted by atomic mass is 10.1. The van der Waals surface area contributed by atoms with Crippen molar-refractivity contribution >= 4 is 17.5 Å². The van der Waals surface area contributed by atoms with Crippen molar-refractivity contribution in [2.75, 3.05) is 30.9 Å². The van der Waals surface area contributed by atoms with E-state index in [0.29, 0.717) is 5.75 Å². The molecule has 0 radical (unpaired) electrons. The molecule has 1 N–H and O–H groups in total. The third kappa shape index (κ3) is 2.70. The summed E-state index contributed by atoms with van der Waals surface area (Å²) in [4.78, 5) is 13.8. The van der Waals surface area contributed by atoms with Gasteiger partial charge in [-0.1, -0.05) is 6.07 Å². The topological polar surface area (TPSA) is 50.8 Å². The second-order valence-corrected chi connectivity index (χ2v) is 5.08. The molecule has 0 bridgehead atoms. The van der Waals surface area contributed by atoms with E-state index in [1.807, 2.05) is 42.5 Å². The molecular formula is C17H18N2O3. The molecule has 1 amide bonds. The average Bonchev–Trinajstić information content (AvgIpc) is 3.04. The first-order valence-electron chi connectivity index (χ1n) is 7.14. The highest BCUT2D eigenvalue weighted by Crippen LogP contribution is 2.31. The standard InChI is InChI=1S/C17H18N2O3/c1-19(12-6-8-13(21-2)9-7-12)17(20)22-16-5-3-4-15-14(16)10-11-18-15/h3-9,18H,10-11H2,1-2H3. The Kier molecular flexibility index (Phi) is 3.87. The van der Waals surface area contributed by atoms with Crippen LogP contribution in [0, 0.1) is 0 Å². The Labute approximate surface area is 129 Å². The molecule has 0 unspecified atom stereocenters. The Morgan fingerprint density at radius 1 is 1.18 bits per heavy atom. The molecule has 1 heterocycles. The van der Waals surface area contributed by atoms with Crippen LogP contribution in [0.4, 0.5) is 16.2 Å². The number of amides is 1. The van der Waals surface area contributed by atoms with Crippen LogP contribution in [0.5, 0.6) is 11.5 Å². The van der Waals surface area contributed by atoms with Crippen molar-refractivity contribution < 1.29 is 14.3 Å². The Bertz CT molecular complexity index is 683. The zero-order valence-corrected chi connectivity index (χ0v) is 12.6. The minimum absolute atomic E-state index is 0.412. The van der Waals surface area contributed by atoms with Gasteiger partial charge < -0.3 is 14.8 Å². The molecule has 5 heteroatoms. The Morgan fingerprint density at radius 2 is 1.95 bits per heavy atom. The summed E-state index contributed by atoms with van der Waals surface area (Å²) in [6.07, 6.45) is 0.455. The Hall–Kier alpha value is -2.69. The SMILES string of the molecule is COc1ccc(N(C)C(=O)Oc2cccc3c2CCN3)cc1. The molecular weight excluding hydrogens is 280 g/mol. The van der Waals surface area contributed by atoms with E-state index in [-0.39, 0.29) is 0 Å². The minimum Gasteiger partial charge on any atom is -0.497 e. The lowest BCUT2D eigenvalue weighted by Gasteiger charge is -2.18. The highest BCUT2D eigenvalue weighted by molar-refractivity contribution is 5.89. The second-order valence-electron chi connectivity index (χ2n) is 5.08. The van der Waals surface area contributed by atoms with Gasteiger partial charge in [-0.15, -0.1) is 0 Å². The highest BCUT2D eigenvalue weighted by atomic mass is 16.6. The maximum atomic E-state index is 12.3. The summed E-state index contributed by atoms with van der Waals surface area (Å²) in [5, 5.41) is 3.27. The van der Waals surface area contributed by atoms with Crippen molar-refractivity contribution in [3.05, 3.63) is 48.0 Å². The van der Waals surface area contributed by atoms with Gasteiger partial charge in [-0.3, -0.25) is 4.90 Å². The van der Waals surface area contributed by atoms with E-state index < -0.39 is 6.09 Å². The molecule has 0 fully saturated rings. The highest BCUT2D eigenvalue weighted by Gasteiger charge is 2.19. The molecule has 22 heavy (non-hydrogen) atoms. The first-order chi connectivity index (χ1) is 10.7. The van der Waals surface area contributed by atoms with Gasteiger partial charge >= 0.3 is 6.09 Å². The number of anilines is 2. The Morgan fingerprint density at radius 3 is 2.68 bits per heavy atom. The van der Waals surface area contributed by atoms with E-state index in [1.54, 1.807) is 14.2 Å². The van der Waals surface area contributed by atoms with E-state index in [4.69, 9.17) is 9.47 Å². The van der Waals surface area contributed by atoms with Gasteiger partial charge in [0.15, 0.2) is 0 Å². The van der Waals surface area contributed by atoms with E-state index in [2.05, 4.69) is 5.32 Å². The predicted molar refractivity (Wildman–Crippen MR) is 86.1 cm³/mol. The number of nitrogens with one attached hydrogen (secondary N) is 1. The molecule has 2 aromatic rings. The molecule has 114 valence electrons. The molecule has 2 aromatic carbocycles. The zero-order valence-electron chi connectivity index (χ0n) is 12.6. The van der Waals surface area contributed by atoms with Crippen LogP contribution < -0.4 is 19.7 Å². The summed E-state index contributed by atoms with van der Waals surface area (Å²) in [6, 6.07) is 13.0. The van der Waals surface area contributed by atoms with E-state index >= 15 is 0 Å². The number of fused-ring (bicyclic) bond motifs is 1. The van der Waals surface area contributed by atoms with E-state index in [1.165, 1.54) is 4.90 Å². The molecule has 0 saturated carbocycles. The smallest absolute Gasteiger partial charge is 0.419 e. The van der Waals surface area contributed by atoms with Crippen LogP contribution in [0.1, 0.15) is 5.56 Å². The van der Waals surface area contributed by atoms with Crippen LogP contribution in [0.2, 0.25) is 0 Å². The van der Waals surface area contributed by atoms with E-state index in [0.717, 1.165) is 35.7 Å². The molecule has 0 saturated heterocycles. The molecule has 0 aliphatic carbocycles. The van der Waals surface area contributed by atoms with Crippen LogP contribution in [-0.2, 0) is 6.42 Å². The summed E-state index contributed by atoms with van der Waals surface area (Å²) in [7, 11) is 3.29. The van der Waals surface area contributed by atoms with Gasteiger partial charge in [0.25, 0.3) is 0 Å². The van der Waals surface area contributed by atoms with Gasteiger partial charge in [-0.25, -0.2) is 4.79 Å². The summed E-state index contributed by atoms with van der Waals surface area (Å²) >= 11 is 0. The van der Waals surface area contributed by atoms with Crippen LogP contribution in [0.15, 0.2) is 42.5 Å². The van der Waals surface area contributed by atoms with Crippen LogP contribution in [0.3, 0.4) is 0 Å². The summed E-state index contributed by atoms with van der Waals surface area (Å²) in [5.41, 5.74) is 2.84. The predicted octanol–water partition coefficient (Wildman–Crippen LogP) is 3.30. The quantitative estimate of drug-likeness (QED) is 0.944. The number of carbonyl (C=O) groups excluding carboxylic acids is 1. The van der Waals surface area contributed by atoms with Crippen LogP contribution in [0.25, 0.3) is 0 Å². The van der Waals surface area contributed by atoms with Crippen molar-refractivity contribution in [2.24, 2.45) is 0 Å². The number of ether oxygens (including phenoxy) is 2. The number of carbonyl (C=O) groups is 1. The van der Waals surface area contributed by atoms with Crippen molar-refractivity contribution in [1.82, 2.24) is 0 Å². The monoisotopic (exact) mass is 298 g/mol. The average molecular weight is 298 g/mol. The van der Waals surface area contributed by atoms with Gasteiger partial charge in [0.2, 0.25) is 0 Å². The fraction of sp³-hybridized carbons (Fsp3) is 0.235. The van der Waals surface area contributed by atoms with Crippen LogP contribution in [-0.4, -0.2) is 26.8 Å². The number of methoxy groups -OCH3 is 1. The van der Waals surface area contributed by atoms with E-state index in [9.17, 15) is 4.79 Å². The molecule has 5 nitrogen and oxygen atoms in total. The van der Waals surface area contributed by atoms with Crippen molar-refractivity contribution in [3.8, 4) is 11.5 Å². The number of rotatable bonds is 3. The van der Waals surface area contributed by atoms with Gasteiger partial charge in [-0.05, 0) is 42.8 Å². The lowest BCUT2D eigenvalue weighted by Crippen LogP contribution is -2.29. The molecule has 0 spiro atoms. The van der Waals surface area contributed by atoms with Crippen molar-refractivity contribution in [1.29, 1.82) is 0 Å². The fourth-order valence-corrected chi connectivity index (χ4v) is 2.48. The van der Waals surface area contributed by atoms with Crippen LogP contribution >= 0.6 is 0 Å². The molecule has 0 aromatic heterocycles. The Balaban J connectivity index is 1.75. The normalized spacial score (nSPS) is 12.3. The number of hydrogen-bond donors (Lipinski definition) is 1. The second kappa shape index (κ2) is 5.97. The number of benzene rings is 2. The largest absolute Gasteiger partial charge is 0.497 e. The summed E-state index contributed by atoms with van der Waals surface area (Å²) < 4.78 is 10.7. The third-order valence-corrected chi connectivity index (χ3v) is 3.75. The van der Waals surface area contributed by atoms with Gasteiger partial charge in [0.1, 0.15) is 11.5 Å². The zero-order chi connectivity index (χ0) is 15.5. The summed E-state index contributed by atoms with van der Waals surface area (Å²) in [6.45, 7) is 0.873. The third-order valence-electron chi connectivity index (χ3n) is 3.75. The number of nitrogens with zero attached hydrogens (tertiary/aromatic N) is 1. The molecule has 1 aliphatic heterocycles. The van der Waals surface area contributed by atoms with Crippen molar-refractivity contribution in [3.63, 3.8) is 0 Å². The maximum absolute atomic E-state index is 12.3. The van der Waals surface area contributed by atoms with Gasteiger partial charge in [0.05, 0.1) is 7.11 Å². The summed E-state index contributed by atoms with van der Waals surface area (Å²) in [5.74, 6) is 1.37. The van der Waals surface area contributed by atoms with Gasteiger partial charge in [-0.2, -0.15) is 0 Å². The molecule has 0 atom stereocenters. The van der Waals surface area contributed by atoms with Crippen molar-refractivity contribution in [2.45, 2.75) is 6.42 Å². The van der Waals surface area contributed by atoms with Gasteiger partial charge in [0, 0.05) is 30.5 Å².